The topological polar surface area (TPSA) is 115 Å². The van der Waals surface area contributed by atoms with Crippen molar-refractivity contribution in [1.82, 2.24) is 14.5 Å². The molecule has 0 bridgehead atoms. The Balaban J connectivity index is 1.91. The van der Waals surface area contributed by atoms with Gasteiger partial charge in [0.2, 0.25) is 5.91 Å². The summed E-state index contributed by atoms with van der Waals surface area (Å²) in [4.78, 5) is 40.0. The number of rotatable bonds is 5. The molecule has 0 aliphatic carbocycles. The van der Waals surface area contributed by atoms with E-state index in [2.05, 4.69) is 22.6 Å². The summed E-state index contributed by atoms with van der Waals surface area (Å²) in [7, 11) is 0. The minimum Gasteiger partial charge on any atom is -0.505 e. The fourth-order valence-corrected chi connectivity index (χ4v) is 7.28. The quantitative estimate of drug-likeness (QED) is 0.170. The van der Waals surface area contributed by atoms with Crippen LogP contribution in [-0.2, 0) is 4.79 Å². The van der Waals surface area contributed by atoms with Crippen molar-refractivity contribution in [3.05, 3.63) is 73.6 Å². The minimum atomic E-state index is -1.36. The van der Waals surface area contributed by atoms with Gasteiger partial charge >= 0.3 is 0 Å². The summed E-state index contributed by atoms with van der Waals surface area (Å²) in [6.07, 6.45) is 4.71. The van der Waals surface area contributed by atoms with Crippen molar-refractivity contribution in [1.29, 1.82) is 5.26 Å². The molecule has 0 spiro atoms. The van der Waals surface area contributed by atoms with Crippen LogP contribution in [0.15, 0.2) is 40.8 Å². The lowest BCUT2D eigenvalue weighted by atomic mass is 9.88. The third kappa shape index (κ3) is 5.56. The molecule has 1 unspecified atom stereocenters. The van der Waals surface area contributed by atoms with Crippen LogP contribution in [0.25, 0.3) is 22.3 Å². The Morgan fingerprint density at radius 2 is 1.79 bits per heavy atom. The van der Waals surface area contributed by atoms with E-state index in [1.54, 1.807) is 11.1 Å². The Hall–Kier alpha value is -3.98. The van der Waals surface area contributed by atoms with Gasteiger partial charge in [-0.05, 0) is 31.9 Å². The van der Waals surface area contributed by atoms with Gasteiger partial charge in [0.1, 0.15) is 33.1 Å². The smallest absolute Gasteiger partial charge is 0.272 e. The number of aromatic nitrogens is 2. The standard InChI is InChI=1S/C33H31Cl3F2N6O3/c1-7-21(45)43-16(5)12-42(13-17(43)6)30-18-10-20(34)28(22-25(37)23(35)26(38)24(36)31(22)46)41-32(18)44(33(47)19(30)11-39)29-15(4)8-9-40-27(29)14(2)3/h7-10,14-17,29,46H,1,12-13H2,2-6H3/t15-,16-,17+,29?/m1/s1. The molecule has 14 heteroatoms. The van der Waals surface area contributed by atoms with Crippen molar-refractivity contribution in [3.8, 4) is 23.1 Å². The number of carbonyl (C=O) groups excluding carboxylic acids is 1. The third-order valence-corrected chi connectivity index (χ3v) is 9.61. The number of benzene rings is 1. The zero-order chi connectivity index (χ0) is 34.6. The minimum absolute atomic E-state index is 0.00386. The first-order chi connectivity index (χ1) is 22.2. The molecule has 4 atom stereocenters. The van der Waals surface area contributed by atoms with E-state index in [9.17, 15) is 24.3 Å². The number of phenolic OH excluding ortho intramolecular Hbond substituents is 1. The van der Waals surface area contributed by atoms with Crippen molar-refractivity contribution in [3.63, 3.8) is 0 Å². The van der Waals surface area contributed by atoms with Gasteiger partial charge in [-0.25, -0.2) is 13.8 Å². The lowest BCUT2D eigenvalue weighted by Crippen LogP contribution is -2.58. The number of fused-ring (bicyclic) bond motifs is 1. The molecule has 9 nitrogen and oxygen atoms in total. The van der Waals surface area contributed by atoms with Gasteiger partial charge in [-0.1, -0.05) is 68.2 Å². The summed E-state index contributed by atoms with van der Waals surface area (Å²) in [6, 6.07) is 2.12. The SMILES string of the molecule is C=CC(=O)N1[C@H](C)CN(c2c(C#N)c(=O)n(C3C(C(C)C)=NC=C[C@H]3C)c3nc(-c4c(O)c(Cl)c(F)c(Cl)c4F)c(Cl)cc23)C[C@@H]1C. The molecule has 0 saturated carbocycles. The van der Waals surface area contributed by atoms with E-state index < -0.39 is 44.6 Å². The number of allylic oxidation sites excluding steroid dienone is 1. The van der Waals surface area contributed by atoms with Crippen LogP contribution in [0.1, 0.15) is 46.2 Å². The summed E-state index contributed by atoms with van der Waals surface area (Å²) in [5, 5.41) is 19.6. The maximum atomic E-state index is 15.6. The molecular formula is C33H31Cl3F2N6O3. The molecule has 1 amide bonds. The number of hydrogen-bond donors (Lipinski definition) is 1. The number of nitriles is 1. The lowest BCUT2D eigenvalue weighted by Gasteiger charge is -2.45. The maximum Gasteiger partial charge on any atom is 0.272 e. The van der Waals surface area contributed by atoms with Crippen LogP contribution in [0.5, 0.6) is 5.75 Å². The van der Waals surface area contributed by atoms with Gasteiger partial charge in [-0.2, -0.15) is 5.26 Å². The highest BCUT2D eigenvalue weighted by molar-refractivity contribution is 6.37. The fraction of sp³-hybridized carbons (Fsp3) is 0.364. The number of carbonyl (C=O) groups is 1. The van der Waals surface area contributed by atoms with Gasteiger partial charge in [0.25, 0.3) is 5.56 Å². The maximum absolute atomic E-state index is 15.6. The van der Waals surface area contributed by atoms with Gasteiger partial charge in [-0.3, -0.25) is 19.1 Å². The van der Waals surface area contributed by atoms with Gasteiger partial charge < -0.3 is 14.9 Å². The number of pyridine rings is 2. The highest BCUT2D eigenvalue weighted by Crippen LogP contribution is 2.46. The third-order valence-electron chi connectivity index (χ3n) is 8.65. The molecule has 2 aliphatic rings. The van der Waals surface area contributed by atoms with Crippen LogP contribution in [0.4, 0.5) is 14.5 Å². The first-order valence-corrected chi connectivity index (χ1v) is 16.0. The van der Waals surface area contributed by atoms with Crippen LogP contribution in [-0.4, -0.2) is 56.3 Å². The monoisotopic (exact) mass is 702 g/mol. The molecule has 47 heavy (non-hydrogen) atoms. The average molecular weight is 704 g/mol. The van der Waals surface area contributed by atoms with Crippen molar-refractivity contribution >= 4 is 63.1 Å². The molecule has 5 rings (SSSR count). The molecule has 2 aliphatic heterocycles. The van der Waals surface area contributed by atoms with E-state index in [-0.39, 0.29) is 75.9 Å². The molecule has 3 aromatic rings. The van der Waals surface area contributed by atoms with Crippen LogP contribution in [0.3, 0.4) is 0 Å². The summed E-state index contributed by atoms with van der Waals surface area (Å²) in [6.45, 7) is 13.5. The van der Waals surface area contributed by atoms with Gasteiger partial charge in [0, 0.05) is 48.4 Å². The van der Waals surface area contributed by atoms with Gasteiger partial charge in [0.15, 0.2) is 11.6 Å². The Morgan fingerprint density at radius 3 is 2.36 bits per heavy atom. The zero-order valence-electron chi connectivity index (χ0n) is 26.2. The average Bonchev–Trinajstić information content (AvgIpc) is 3.02. The van der Waals surface area contributed by atoms with E-state index in [0.29, 0.717) is 5.71 Å². The number of aromatic hydroxyl groups is 1. The molecule has 1 aromatic carbocycles. The van der Waals surface area contributed by atoms with Crippen molar-refractivity contribution in [2.45, 2.75) is 52.7 Å². The van der Waals surface area contributed by atoms with Crippen molar-refractivity contribution in [2.75, 3.05) is 18.0 Å². The number of phenols is 1. The molecular weight excluding hydrogens is 673 g/mol. The first-order valence-electron chi connectivity index (χ1n) is 14.8. The lowest BCUT2D eigenvalue weighted by molar-refractivity contribution is -0.130. The second-order valence-electron chi connectivity index (χ2n) is 12.1. The fourth-order valence-electron chi connectivity index (χ4n) is 6.61. The number of amides is 1. The number of nitrogens with zero attached hydrogens (tertiary/aromatic N) is 6. The van der Waals surface area contributed by atoms with Crippen LogP contribution in [0.2, 0.25) is 15.1 Å². The number of anilines is 1. The highest BCUT2D eigenvalue weighted by Gasteiger charge is 2.38. The molecule has 4 heterocycles. The number of aliphatic imine (C=N–C) groups is 1. The van der Waals surface area contributed by atoms with E-state index in [1.165, 1.54) is 16.7 Å². The van der Waals surface area contributed by atoms with E-state index in [1.807, 2.05) is 45.6 Å². The van der Waals surface area contributed by atoms with Crippen molar-refractivity contribution < 1.29 is 18.7 Å². The number of piperazine rings is 1. The van der Waals surface area contributed by atoms with E-state index >= 15 is 4.39 Å². The second kappa shape index (κ2) is 12.9. The molecule has 1 saturated heterocycles. The largest absolute Gasteiger partial charge is 0.505 e. The molecule has 1 N–H and O–H groups in total. The van der Waals surface area contributed by atoms with Crippen LogP contribution < -0.4 is 10.5 Å². The predicted octanol–water partition coefficient (Wildman–Crippen LogP) is 7.29. The molecule has 2 aromatic heterocycles. The number of hydrogen-bond acceptors (Lipinski definition) is 7. The summed E-state index contributed by atoms with van der Waals surface area (Å²) in [5.74, 6) is -4.37. The van der Waals surface area contributed by atoms with Crippen molar-refractivity contribution in [2.24, 2.45) is 16.8 Å². The van der Waals surface area contributed by atoms with E-state index in [4.69, 9.17) is 34.8 Å². The molecule has 1 fully saturated rings. The Kier molecular flexibility index (Phi) is 9.43. The second-order valence-corrected chi connectivity index (χ2v) is 13.2. The Morgan fingerprint density at radius 1 is 1.15 bits per heavy atom. The predicted molar refractivity (Wildman–Crippen MR) is 181 cm³/mol. The van der Waals surface area contributed by atoms with Gasteiger partial charge in [0.05, 0.1) is 28.0 Å². The first kappa shape index (κ1) is 34.4. The normalized spacial score (nSPS) is 21.3. The Bertz CT molecular complexity index is 1960. The summed E-state index contributed by atoms with van der Waals surface area (Å²) >= 11 is 18.6. The van der Waals surface area contributed by atoms with E-state index in [0.717, 1.165) is 0 Å². The Labute approximate surface area is 285 Å². The van der Waals surface area contributed by atoms with Gasteiger partial charge in [-0.15, -0.1) is 0 Å². The van der Waals surface area contributed by atoms with Crippen LogP contribution >= 0.6 is 34.8 Å². The zero-order valence-corrected chi connectivity index (χ0v) is 28.4. The highest BCUT2D eigenvalue weighted by atomic mass is 35.5. The molecule has 246 valence electrons. The number of halogens is 5. The summed E-state index contributed by atoms with van der Waals surface area (Å²) < 4.78 is 31.4. The van der Waals surface area contributed by atoms with Crippen LogP contribution in [0, 0.1) is 34.8 Å². The summed E-state index contributed by atoms with van der Waals surface area (Å²) in [5.41, 5.74) is -1.00. The molecule has 0 radical (unpaired) electrons.